The molecule has 14 atom stereocenters. The molecule has 0 nitrogen and oxygen atoms in total. The van der Waals surface area contributed by atoms with Crippen molar-refractivity contribution >= 4 is 0 Å². The third kappa shape index (κ3) is 3.26. The van der Waals surface area contributed by atoms with Crippen LogP contribution in [0.3, 0.4) is 0 Å². The number of hydrogen-bond acceptors (Lipinski definition) is 0. The summed E-state index contributed by atoms with van der Waals surface area (Å²) in [7, 11) is 0. The second-order valence-electron chi connectivity index (χ2n) is 15.9. The van der Waals surface area contributed by atoms with E-state index < -0.39 is 0 Å². The summed E-state index contributed by atoms with van der Waals surface area (Å²) >= 11 is 0. The van der Waals surface area contributed by atoms with Crippen molar-refractivity contribution < 1.29 is 0 Å². The van der Waals surface area contributed by atoms with Gasteiger partial charge in [-0.25, -0.2) is 0 Å². The van der Waals surface area contributed by atoms with Gasteiger partial charge in [0.1, 0.15) is 0 Å². The van der Waals surface area contributed by atoms with Crippen LogP contribution in [0.5, 0.6) is 0 Å². The van der Waals surface area contributed by atoms with E-state index in [-0.39, 0.29) is 0 Å². The molecule has 0 aromatic heterocycles. The van der Waals surface area contributed by atoms with E-state index in [0.717, 1.165) is 88.3 Å². The van der Waals surface area contributed by atoms with E-state index >= 15 is 0 Å². The largest absolute Gasteiger partial charge is 0.0625 e. The van der Waals surface area contributed by atoms with Crippen molar-refractivity contribution in [1.82, 2.24) is 0 Å². The number of hydrogen-bond donors (Lipinski definition) is 0. The van der Waals surface area contributed by atoms with Crippen molar-refractivity contribution in [3.63, 3.8) is 0 Å². The van der Waals surface area contributed by atoms with Gasteiger partial charge in [0.15, 0.2) is 0 Å². The smallest absolute Gasteiger partial charge is 0.0228 e. The predicted molar refractivity (Wildman–Crippen MR) is 139 cm³/mol. The lowest BCUT2D eigenvalue weighted by Gasteiger charge is -2.53. The van der Waals surface area contributed by atoms with Crippen LogP contribution in [0.25, 0.3) is 0 Å². The maximum atomic E-state index is 2.72. The Bertz CT molecular complexity index is 726. The fourth-order valence-corrected chi connectivity index (χ4v) is 14.0. The normalized spacial score (nSPS) is 62.2. The Morgan fingerprint density at radius 3 is 1.97 bits per heavy atom. The van der Waals surface area contributed by atoms with Crippen LogP contribution in [-0.2, 0) is 0 Å². The van der Waals surface area contributed by atoms with E-state index in [1.807, 2.05) is 0 Å². The van der Waals surface area contributed by atoms with Crippen molar-refractivity contribution in [1.29, 1.82) is 0 Å². The Hall–Kier alpha value is 0. The summed E-state index contributed by atoms with van der Waals surface area (Å²) in [6.07, 6.45) is 22.4. The highest BCUT2D eigenvalue weighted by molar-refractivity contribution is 5.16. The van der Waals surface area contributed by atoms with Crippen LogP contribution in [0.1, 0.15) is 118 Å². The van der Waals surface area contributed by atoms with Crippen molar-refractivity contribution in [2.24, 2.45) is 88.3 Å². The van der Waals surface area contributed by atoms with Gasteiger partial charge in [0.2, 0.25) is 0 Å². The van der Waals surface area contributed by atoms with Gasteiger partial charge in [-0.1, -0.05) is 53.4 Å². The Morgan fingerprint density at radius 1 is 0.515 bits per heavy atom. The molecular formula is C33H54. The maximum Gasteiger partial charge on any atom is -0.0228 e. The molecule has 0 bridgehead atoms. The molecule has 0 heteroatoms. The minimum absolute atomic E-state index is 0.735. The lowest BCUT2D eigenvalue weighted by molar-refractivity contribution is -0.0385. The first-order valence-electron chi connectivity index (χ1n) is 15.9. The summed E-state index contributed by atoms with van der Waals surface area (Å²) < 4.78 is 0. The van der Waals surface area contributed by atoms with Gasteiger partial charge in [-0.2, -0.15) is 0 Å². The first-order valence-corrected chi connectivity index (χ1v) is 15.9. The molecule has 7 saturated carbocycles. The molecule has 0 N–H and O–H groups in total. The molecule has 1 spiro atoms. The van der Waals surface area contributed by atoms with E-state index in [9.17, 15) is 0 Å². The van der Waals surface area contributed by atoms with Crippen molar-refractivity contribution in [3.8, 4) is 0 Å². The lowest BCUT2D eigenvalue weighted by atomic mass is 9.52. The Labute approximate surface area is 205 Å². The van der Waals surface area contributed by atoms with E-state index in [1.165, 1.54) is 12.8 Å². The second kappa shape index (κ2) is 8.00. The summed E-state index contributed by atoms with van der Waals surface area (Å²) in [5, 5.41) is 0. The minimum atomic E-state index is 0.735. The van der Waals surface area contributed by atoms with Crippen LogP contribution in [-0.4, -0.2) is 0 Å². The van der Waals surface area contributed by atoms with Gasteiger partial charge in [0.05, 0.1) is 0 Å². The van der Waals surface area contributed by atoms with Gasteiger partial charge < -0.3 is 0 Å². The molecule has 7 aliphatic rings. The zero-order valence-electron chi connectivity index (χ0n) is 22.5. The maximum absolute atomic E-state index is 2.72. The fourth-order valence-electron chi connectivity index (χ4n) is 14.0. The first-order chi connectivity index (χ1) is 15.9. The molecule has 0 aromatic rings. The van der Waals surface area contributed by atoms with Crippen LogP contribution in [0.4, 0.5) is 0 Å². The van der Waals surface area contributed by atoms with Crippen LogP contribution < -0.4 is 0 Å². The predicted octanol–water partition coefficient (Wildman–Crippen LogP) is 9.24. The summed E-state index contributed by atoms with van der Waals surface area (Å²) in [4.78, 5) is 0. The van der Waals surface area contributed by atoms with Gasteiger partial charge >= 0.3 is 0 Å². The number of rotatable bonds is 0. The van der Waals surface area contributed by atoms with Gasteiger partial charge in [-0.05, 0) is 152 Å². The van der Waals surface area contributed by atoms with Crippen LogP contribution >= 0.6 is 0 Å². The Balaban J connectivity index is 1.24. The molecule has 33 heavy (non-hydrogen) atoms. The van der Waals surface area contributed by atoms with E-state index in [2.05, 4.69) is 27.7 Å². The van der Waals surface area contributed by atoms with Gasteiger partial charge in [-0.15, -0.1) is 0 Å². The average Bonchev–Trinajstić information content (AvgIpc) is 3.24. The molecule has 7 aliphatic carbocycles. The van der Waals surface area contributed by atoms with Crippen LogP contribution in [0.2, 0.25) is 0 Å². The van der Waals surface area contributed by atoms with Crippen LogP contribution in [0.15, 0.2) is 0 Å². The van der Waals surface area contributed by atoms with Crippen molar-refractivity contribution in [3.05, 3.63) is 0 Å². The van der Waals surface area contributed by atoms with Crippen molar-refractivity contribution in [2.45, 2.75) is 118 Å². The topological polar surface area (TPSA) is 0 Å². The summed E-state index contributed by atoms with van der Waals surface area (Å²) in [5.74, 6) is 15.2. The summed E-state index contributed by atoms with van der Waals surface area (Å²) in [6.45, 7) is 10.6. The highest BCUT2D eigenvalue weighted by atomic mass is 14.7. The third-order valence-electron chi connectivity index (χ3n) is 14.0. The standard InChI is InChI=1S/C33H54/c1-19-12-22(4)32-29(13-19)31-28-16-25-14-23-7-5-6-8-24(23)15-27(25)26(28)9-10-30(31)33(32)17-20(2)11-21(3)18-33/h19-32H,5-18H2,1-4H3. The molecule has 7 fully saturated rings. The Morgan fingerprint density at radius 2 is 1.21 bits per heavy atom. The third-order valence-corrected chi connectivity index (χ3v) is 14.0. The van der Waals surface area contributed by atoms with Gasteiger partial charge in [0, 0.05) is 0 Å². The molecule has 0 saturated heterocycles. The van der Waals surface area contributed by atoms with Crippen molar-refractivity contribution in [2.75, 3.05) is 0 Å². The van der Waals surface area contributed by atoms with E-state index in [1.54, 1.807) is 77.0 Å². The van der Waals surface area contributed by atoms with Crippen LogP contribution in [0, 0.1) is 88.3 Å². The Kier molecular flexibility index (Phi) is 5.39. The fraction of sp³-hybridized carbons (Fsp3) is 1.00. The molecule has 0 heterocycles. The van der Waals surface area contributed by atoms with Gasteiger partial charge in [0.25, 0.3) is 0 Å². The molecular weight excluding hydrogens is 396 g/mol. The molecule has 7 rings (SSSR count). The van der Waals surface area contributed by atoms with E-state index in [4.69, 9.17) is 0 Å². The molecule has 0 radical (unpaired) electrons. The van der Waals surface area contributed by atoms with E-state index in [0.29, 0.717) is 0 Å². The van der Waals surface area contributed by atoms with Gasteiger partial charge in [-0.3, -0.25) is 0 Å². The molecule has 14 unspecified atom stereocenters. The molecule has 186 valence electrons. The zero-order valence-corrected chi connectivity index (χ0v) is 22.5. The summed E-state index contributed by atoms with van der Waals surface area (Å²) in [6, 6.07) is 0. The highest BCUT2D eigenvalue weighted by Crippen LogP contribution is 2.74. The SMILES string of the molecule is CC1CC(C)C2C(C1)C1C3CC4CC5CCCCC5CC4C3CCC1C21CC(C)CC(C)C1. The number of fused-ring (bicyclic) bond motifs is 10. The first kappa shape index (κ1) is 22.2. The summed E-state index contributed by atoms with van der Waals surface area (Å²) in [5.41, 5.74) is 0.735. The zero-order chi connectivity index (χ0) is 22.5. The molecule has 0 aromatic carbocycles. The molecule has 0 amide bonds. The monoisotopic (exact) mass is 450 g/mol. The minimum Gasteiger partial charge on any atom is -0.0625 e. The lowest BCUT2D eigenvalue weighted by Crippen LogP contribution is -2.45. The highest BCUT2D eigenvalue weighted by Gasteiger charge is 2.67. The average molecular weight is 451 g/mol. The molecule has 0 aliphatic heterocycles. The quantitative estimate of drug-likeness (QED) is 0.345. The second-order valence-corrected chi connectivity index (χ2v) is 15.9.